The molecule has 0 rings (SSSR count). The Morgan fingerprint density at radius 3 is 2.22 bits per heavy atom. The van der Waals surface area contributed by atoms with E-state index in [0.717, 1.165) is 0 Å². The molecule has 0 fully saturated rings. The Morgan fingerprint density at radius 1 is 1.67 bits per heavy atom. The SMILES string of the molecule is CNC(=O)[9C@@H](N)C(C)C. The normalized spacial score (nSPS) is 13.4. The maximum absolute atomic E-state index is 10.7. The van der Waals surface area contributed by atoms with Gasteiger partial charge in [0, 0.05) is 7.05 Å². The highest BCUT2D eigenvalue weighted by atomic mass is 16.1. The van der Waals surface area contributed by atoms with Crippen LogP contribution < -0.4 is 11.1 Å². The molecule has 0 aromatic carbocycles. The molecular weight excluding hydrogens is 113 g/mol. The van der Waals surface area contributed by atoms with Crippen LogP contribution in [0, 0.1) is 5.92 Å². The lowest BCUT2D eigenvalue weighted by molar-refractivity contribution is -0.122. The maximum atomic E-state index is 10.7. The number of carbonyl (C=O) groups is 1. The van der Waals surface area contributed by atoms with E-state index in [2.05, 4.69) is 5.32 Å². The predicted molar refractivity (Wildman–Crippen MR) is 36.9 cm³/mol. The predicted octanol–water partition coefficient (Wildman–Crippen LogP) is -0.284. The summed E-state index contributed by atoms with van der Waals surface area (Å²) in [5.74, 6) is 0.120. The van der Waals surface area contributed by atoms with Crippen LogP contribution in [0.3, 0.4) is 0 Å². The number of hydrogen-bond acceptors (Lipinski definition) is 2. The van der Waals surface area contributed by atoms with E-state index in [1.54, 1.807) is 7.05 Å². The molecule has 1 atom stereocenters. The molecule has 0 spiro atoms. The van der Waals surface area contributed by atoms with E-state index in [9.17, 15) is 4.79 Å². The van der Waals surface area contributed by atoms with Crippen molar-refractivity contribution >= 4 is 5.91 Å². The zero-order valence-corrected chi connectivity index (χ0v) is 6.14. The number of nitrogens with one attached hydrogen (secondary N) is 1. The molecule has 1 amide bonds. The van der Waals surface area contributed by atoms with Gasteiger partial charge < -0.3 is 11.1 Å². The van der Waals surface area contributed by atoms with Gasteiger partial charge in [0.05, 0.1) is 6.04 Å². The van der Waals surface area contributed by atoms with Crippen LogP contribution in [0.4, 0.5) is 0 Å². The lowest BCUT2D eigenvalue weighted by Gasteiger charge is -2.12. The Balaban J connectivity index is 3.72. The van der Waals surface area contributed by atoms with E-state index in [4.69, 9.17) is 5.73 Å². The number of hydrogen-bond donors (Lipinski definition) is 2. The molecule has 54 valence electrons. The molecule has 0 bridgehead atoms. The summed E-state index contributed by atoms with van der Waals surface area (Å²) in [4.78, 5) is 10.7. The molecule has 3 nitrogen and oxygen atoms in total. The molecule has 0 saturated carbocycles. The van der Waals surface area contributed by atoms with Gasteiger partial charge in [-0.05, 0) is 5.92 Å². The van der Waals surface area contributed by atoms with E-state index >= 15 is 0 Å². The summed E-state index contributed by atoms with van der Waals surface area (Å²) in [5, 5.41) is 2.48. The van der Waals surface area contributed by atoms with Crippen molar-refractivity contribution in [3.05, 3.63) is 0 Å². The van der Waals surface area contributed by atoms with Crippen LogP contribution in [-0.4, -0.2) is 19.0 Å². The lowest BCUT2D eigenvalue weighted by Crippen LogP contribution is -2.42. The van der Waals surface area contributed by atoms with Crippen LogP contribution >= 0.6 is 0 Å². The molecule has 0 aliphatic heterocycles. The first-order valence-corrected chi connectivity index (χ1v) is 3.06. The van der Waals surface area contributed by atoms with Crippen molar-refractivity contribution in [3.8, 4) is 0 Å². The summed E-state index contributed by atoms with van der Waals surface area (Å²) in [7, 11) is 1.59. The molecule has 3 N–H and O–H groups in total. The van der Waals surface area contributed by atoms with E-state index in [1.807, 2.05) is 13.8 Å². The number of carbonyl (C=O) groups excluding carboxylic acids is 1. The highest BCUT2D eigenvalue weighted by Gasteiger charge is 2.14. The number of rotatable bonds is 2. The largest absolute Gasteiger partial charge is 0.358 e. The first kappa shape index (κ1) is 8.43. The second kappa shape index (κ2) is 3.45. The molecule has 9 heavy (non-hydrogen) atoms. The quantitative estimate of drug-likeness (QED) is 0.536. The molecule has 3 heteroatoms. The topological polar surface area (TPSA) is 55.1 Å². The van der Waals surface area contributed by atoms with Crippen LogP contribution in [0.2, 0.25) is 0 Å². The third-order valence-corrected chi connectivity index (χ3v) is 1.27. The molecule has 0 saturated heterocycles. The van der Waals surface area contributed by atoms with E-state index < -0.39 is 0 Å². The Kier molecular flexibility index (Phi) is 3.24. The van der Waals surface area contributed by atoms with Gasteiger partial charge in [-0.1, -0.05) is 13.8 Å². The van der Waals surface area contributed by atoms with Crippen molar-refractivity contribution < 1.29 is 4.79 Å². The molecule has 0 radical (unpaired) electrons. The van der Waals surface area contributed by atoms with Crippen LogP contribution in [0.25, 0.3) is 0 Å². The molecular formula is C6H14N2O. The summed E-state index contributed by atoms with van der Waals surface area (Å²) in [6, 6.07) is -0.366. The Bertz CT molecular complexity index is 101. The van der Waals surface area contributed by atoms with Gasteiger partial charge in [-0.2, -0.15) is 0 Å². The van der Waals surface area contributed by atoms with Crippen LogP contribution in [0.5, 0.6) is 0 Å². The minimum Gasteiger partial charge on any atom is -0.358 e. The number of likely N-dealkylation sites (N-methyl/N-ethyl adjacent to an activating group) is 1. The van der Waals surface area contributed by atoms with Crippen LogP contribution in [-0.2, 0) is 4.79 Å². The smallest absolute Gasteiger partial charge is 0.236 e. The Morgan fingerprint density at radius 2 is 2.11 bits per heavy atom. The minimum atomic E-state index is -0.366. The van der Waals surface area contributed by atoms with Gasteiger partial charge in [-0.3, -0.25) is 4.79 Å². The Labute approximate surface area is 55.6 Å². The van der Waals surface area contributed by atoms with Gasteiger partial charge in [0.15, 0.2) is 0 Å². The van der Waals surface area contributed by atoms with Crippen LogP contribution in [0.1, 0.15) is 13.8 Å². The number of amides is 1. The molecule has 0 unspecified atom stereocenters. The molecule has 0 heterocycles. The molecule has 0 aliphatic carbocycles. The zero-order chi connectivity index (χ0) is 7.44. The standard InChI is InChI=1S/C6H14N2O/c1-4(2)5(7)6(9)8-3/h4-5H,7H2,1-3H3,(H,8,9)/t5-/m0/s1/i5-3. The maximum Gasteiger partial charge on any atom is 0.236 e. The third-order valence-electron chi connectivity index (χ3n) is 1.27. The summed E-state index contributed by atoms with van der Waals surface area (Å²) < 4.78 is 0. The van der Waals surface area contributed by atoms with E-state index in [1.165, 1.54) is 0 Å². The van der Waals surface area contributed by atoms with Crippen molar-refractivity contribution in [2.24, 2.45) is 11.7 Å². The highest BCUT2D eigenvalue weighted by Crippen LogP contribution is 1.96. The Hall–Kier alpha value is -0.570. The van der Waals surface area contributed by atoms with Crippen molar-refractivity contribution in [3.63, 3.8) is 0 Å². The first-order chi connectivity index (χ1) is 4.09. The summed E-state index contributed by atoms with van der Waals surface area (Å²) >= 11 is 0. The summed E-state index contributed by atoms with van der Waals surface area (Å²) in [5.41, 5.74) is 5.46. The summed E-state index contributed by atoms with van der Waals surface area (Å²) in [6.07, 6.45) is 0. The van der Waals surface area contributed by atoms with Gasteiger partial charge in [-0.15, -0.1) is 0 Å². The van der Waals surface area contributed by atoms with Gasteiger partial charge in [0.2, 0.25) is 5.91 Å². The number of nitrogens with two attached hydrogens (primary N) is 1. The van der Waals surface area contributed by atoms with Crippen molar-refractivity contribution in [1.82, 2.24) is 5.32 Å². The lowest BCUT2D eigenvalue weighted by atomic mass is 8.26. The summed E-state index contributed by atoms with van der Waals surface area (Å²) in [6.45, 7) is 3.83. The monoisotopic (exact) mass is 127 g/mol. The van der Waals surface area contributed by atoms with E-state index in [0.29, 0.717) is 0 Å². The zero-order valence-electron chi connectivity index (χ0n) is 6.14. The van der Waals surface area contributed by atoms with Gasteiger partial charge in [0.1, 0.15) is 0 Å². The highest BCUT2D eigenvalue weighted by molar-refractivity contribution is 5.81. The molecule has 0 aromatic rings. The van der Waals surface area contributed by atoms with Crippen LogP contribution in [0.15, 0.2) is 0 Å². The minimum absolute atomic E-state index is 0.0926. The van der Waals surface area contributed by atoms with Gasteiger partial charge in [0.25, 0.3) is 0 Å². The fourth-order valence-corrected chi connectivity index (χ4v) is 0.469. The van der Waals surface area contributed by atoms with Crippen molar-refractivity contribution in [1.29, 1.82) is 0 Å². The second-order valence-corrected chi connectivity index (χ2v) is 2.38. The fraction of sp³-hybridized carbons (Fsp3) is 0.833. The first-order valence-electron chi connectivity index (χ1n) is 3.06. The van der Waals surface area contributed by atoms with Gasteiger partial charge in [-0.25, -0.2) is 0 Å². The average Bonchev–Trinajstić information content (AvgIpc) is 1.84. The molecule has 0 aliphatic rings. The van der Waals surface area contributed by atoms with Crippen molar-refractivity contribution in [2.45, 2.75) is 19.9 Å². The second-order valence-electron chi connectivity index (χ2n) is 2.38. The molecule has 0 aromatic heterocycles. The van der Waals surface area contributed by atoms with Gasteiger partial charge >= 0.3 is 0 Å². The average molecular weight is 127 g/mol. The fourth-order valence-electron chi connectivity index (χ4n) is 0.469. The van der Waals surface area contributed by atoms with E-state index in [-0.39, 0.29) is 17.9 Å². The third kappa shape index (κ3) is 2.46. The van der Waals surface area contributed by atoms with Crippen molar-refractivity contribution in [2.75, 3.05) is 7.05 Å².